The molecule has 3 rings (SSSR count). The highest BCUT2D eigenvalue weighted by molar-refractivity contribution is 7.98. The van der Waals surface area contributed by atoms with Gasteiger partial charge in [0, 0.05) is 29.3 Å². The van der Waals surface area contributed by atoms with Crippen molar-refractivity contribution in [2.45, 2.75) is 31.2 Å². The van der Waals surface area contributed by atoms with Crippen LogP contribution in [0.2, 0.25) is 5.02 Å². The standard InChI is InChI=1S/C18H18ClN3O4S/c1-4-25-16(23)8-15-20-21-18(22(15)3)27-9-11-6-17(24)26-14-5-10(2)13(19)7-12(11)14/h5-7H,4,8-9H2,1-3H3. The summed E-state index contributed by atoms with van der Waals surface area (Å²) in [5.41, 5.74) is 1.72. The minimum absolute atomic E-state index is 0.0602. The molecular formula is C18H18ClN3O4S. The molecule has 0 radical (unpaired) electrons. The van der Waals surface area contributed by atoms with E-state index in [1.807, 2.05) is 6.92 Å². The van der Waals surface area contributed by atoms with Crippen molar-refractivity contribution in [1.29, 1.82) is 0 Å². The minimum atomic E-state index is -0.416. The average molecular weight is 408 g/mol. The van der Waals surface area contributed by atoms with E-state index in [-0.39, 0.29) is 12.4 Å². The predicted molar refractivity (Wildman–Crippen MR) is 103 cm³/mol. The molecule has 0 atom stereocenters. The molecule has 0 saturated carbocycles. The number of aryl methyl sites for hydroxylation is 1. The average Bonchev–Trinajstić information content (AvgIpc) is 2.94. The number of fused-ring (bicyclic) bond motifs is 1. The second-order valence-corrected chi connectivity index (χ2v) is 7.27. The van der Waals surface area contributed by atoms with E-state index in [0.717, 1.165) is 16.5 Å². The van der Waals surface area contributed by atoms with Crippen LogP contribution in [0.25, 0.3) is 11.0 Å². The summed E-state index contributed by atoms with van der Waals surface area (Å²) in [6.45, 7) is 3.93. The van der Waals surface area contributed by atoms with Gasteiger partial charge in [-0.25, -0.2) is 4.79 Å². The molecule has 0 aliphatic rings. The monoisotopic (exact) mass is 407 g/mol. The van der Waals surface area contributed by atoms with Crippen LogP contribution in [0.4, 0.5) is 0 Å². The van der Waals surface area contributed by atoms with Gasteiger partial charge in [-0.15, -0.1) is 10.2 Å². The molecular weight excluding hydrogens is 390 g/mol. The first-order valence-electron chi connectivity index (χ1n) is 8.28. The molecule has 2 heterocycles. The lowest BCUT2D eigenvalue weighted by atomic mass is 10.1. The summed E-state index contributed by atoms with van der Waals surface area (Å²) in [6, 6.07) is 5.01. The minimum Gasteiger partial charge on any atom is -0.466 e. The number of esters is 1. The van der Waals surface area contributed by atoms with Crippen LogP contribution >= 0.6 is 23.4 Å². The fourth-order valence-electron chi connectivity index (χ4n) is 2.58. The maximum atomic E-state index is 11.9. The Kier molecular flexibility index (Phi) is 5.86. The van der Waals surface area contributed by atoms with Crippen molar-refractivity contribution in [2.24, 2.45) is 7.05 Å². The highest BCUT2D eigenvalue weighted by atomic mass is 35.5. The van der Waals surface area contributed by atoms with Gasteiger partial charge in [-0.2, -0.15) is 0 Å². The summed E-state index contributed by atoms with van der Waals surface area (Å²) >= 11 is 7.63. The van der Waals surface area contributed by atoms with Crippen LogP contribution in [-0.2, 0) is 28.8 Å². The molecule has 0 spiro atoms. The van der Waals surface area contributed by atoms with Crippen molar-refractivity contribution < 1.29 is 13.9 Å². The maximum Gasteiger partial charge on any atom is 0.336 e. The quantitative estimate of drug-likeness (QED) is 0.352. The number of carbonyl (C=O) groups is 1. The van der Waals surface area contributed by atoms with Crippen molar-refractivity contribution in [2.75, 3.05) is 6.61 Å². The molecule has 0 N–H and O–H groups in total. The number of nitrogens with zero attached hydrogens (tertiary/aromatic N) is 3. The number of ether oxygens (including phenoxy) is 1. The Morgan fingerprint density at radius 3 is 2.85 bits per heavy atom. The van der Waals surface area contributed by atoms with E-state index in [4.69, 9.17) is 20.8 Å². The second-order valence-electron chi connectivity index (χ2n) is 5.92. The molecule has 0 bridgehead atoms. The number of aromatic nitrogens is 3. The van der Waals surface area contributed by atoms with Gasteiger partial charge in [0.15, 0.2) is 5.16 Å². The Balaban J connectivity index is 1.83. The number of hydrogen-bond acceptors (Lipinski definition) is 7. The molecule has 0 fully saturated rings. The molecule has 0 saturated heterocycles. The summed E-state index contributed by atoms with van der Waals surface area (Å²) in [5, 5.41) is 10.2. The van der Waals surface area contributed by atoms with Gasteiger partial charge in [-0.3, -0.25) is 4.79 Å². The molecule has 3 aromatic rings. The van der Waals surface area contributed by atoms with Crippen molar-refractivity contribution >= 4 is 40.3 Å². The third-order valence-electron chi connectivity index (χ3n) is 4.00. The fourth-order valence-corrected chi connectivity index (χ4v) is 3.66. The van der Waals surface area contributed by atoms with Crippen LogP contribution < -0.4 is 5.63 Å². The van der Waals surface area contributed by atoms with Crippen LogP contribution in [0.3, 0.4) is 0 Å². The van der Waals surface area contributed by atoms with Crippen LogP contribution in [-0.4, -0.2) is 27.3 Å². The zero-order valence-electron chi connectivity index (χ0n) is 15.1. The first-order valence-corrected chi connectivity index (χ1v) is 9.65. The van der Waals surface area contributed by atoms with Crippen molar-refractivity contribution in [3.8, 4) is 0 Å². The lowest BCUT2D eigenvalue weighted by molar-refractivity contribution is -0.142. The van der Waals surface area contributed by atoms with Gasteiger partial charge < -0.3 is 13.7 Å². The third-order valence-corrected chi connectivity index (χ3v) is 5.48. The van der Waals surface area contributed by atoms with Gasteiger partial charge in [-0.1, -0.05) is 23.4 Å². The van der Waals surface area contributed by atoms with Gasteiger partial charge in [0.1, 0.15) is 17.8 Å². The zero-order chi connectivity index (χ0) is 19.6. The highest BCUT2D eigenvalue weighted by Gasteiger charge is 2.15. The zero-order valence-corrected chi connectivity index (χ0v) is 16.7. The topological polar surface area (TPSA) is 87.2 Å². The van der Waals surface area contributed by atoms with Crippen LogP contribution in [0, 0.1) is 6.92 Å². The number of hydrogen-bond donors (Lipinski definition) is 0. The highest BCUT2D eigenvalue weighted by Crippen LogP contribution is 2.29. The normalized spacial score (nSPS) is 11.1. The molecule has 0 unspecified atom stereocenters. The Labute approximate surface area is 164 Å². The molecule has 9 heteroatoms. The number of benzene rings is 1. The second kappa shape index (κ2) is 8.14. The van der Waals surface area contributed by atoms with E-state index in [9.17, 15) is 9.59 Å². The third kappa shape index (κ3) is 4.33. The van der Waals surface area contributed by atoms with Gasteiger partial charge in [0.05, 0.1) is 6.61 Å². The number of carbonyl (C=O) groups excluding carboxylic acids is 1. The van der Waals surface area contributed by atoms with Gasteiger partial charge >= 0.3 is 11.6 Å². The van der Waals surface area contributed by atoms with E-state index >= 15 is 0 Å². The molecule has 27 heavy (non-hydrogen) atoms. The smallest absolute Gasteiger partial charge is 0.336 e. The number of rotatable bonds is 6. The Hall–Kier alpha value is -2.32. The van der Waals surface area contributed by atoms with Crippen LogP contribution in [0.15, 0.2) is 32.6 Å². The summed E-state index contributed by atoms with van der Waals surface area (Å²) in [7, 11) is 1.79. The van der Waals surface area contributed by atoms with Crippen molar-refractivity contribution in [3.63, 3.8) is 0 Å². The van der Waals surface area contributed by atoms with E-state index in [0.29, 0.717) is 33.9 Å². The predicted octanol–water partition coefficient (Wildman–Crippen LogP) is 3.28. The van der Waals surface area contributed by atoms with Crippen LogP contribution in [0.5, 0.6) is 0 Å². The SMILES string of the molecule is CCOC(=O)Cc1nnc(SCc2cc(=O)oc3cc(C)c(Cl)cc23)n1C. The molecule has 1 aromatic carbocycles. The maximum absolute atomic E-state index is 11.9. The Morgan fingerprint density at radius 1 is 1.33 bits per heavy atom. The van der Waals surface area contributed by atoms with E-state index < -0.39 is 5.63 Å². The van der Waals surface area contributed by atoms with Crippen molar-refractivity contribution in [1.82, 2.24) is 14.8 Å². The number of thioether (sulfide) groups is 1. The molecule has 142 valence electrons. The fraction of sp³-hybridized carbons (Fsp3) is 0.333. The van der Waals surface area contributed by atoms with Gasteiger partial charge in [0.25, 0.3) is 0 Å². The number of halogens is 1. The molecule has 2 aromatic heterocycles. The van der Waals surface area contributed by atoms with E-state index in [1.165, 1.54) is 17.8 Å². The summed E-state index contributed by atoms with van der Waals surface area (Å²) in [5.74, 6) is 0.653. The van der Waals surface area contributed by atoms with Crippen LogP contribution in [0.1, 0.15) is 23.9 Å². The molecule has 0 amide bonds. The summed E-state index contributed by atoms with van der Waals surface area (Å²) in [4.78, 5) is 23.5. The van der Waals surface area contributed by atoms with Crippen molar-refractivity contribution in [3.05, 3.63) is 50.6 Å². The summed E-state index contributed by atoms with van der Waals surface area (Å²) in [6.07, 6.45) is 0.0602. The molecule has 0 aliphatic carbocycles. The lowest BCUT2D eigenvalue weighted by Gasteiger charge is -2.07. The van der Waals surface area contributed by atoms with Gasteiger partial charge in [0.2, 0.25) is 0 Å². The largest absolute Gasteiger partial charge is 0.466 e. The molecule has 7 nitrogen and oxygen atoms in total. The first-order chi connectivity index (χ1) is 12.9. The Morgan fingerprint density at radius 2 is 2.11 bits per heavy atom. The van der Waals surface area contributed by atoms with E-state index in [2.05, 4.69) is 10.2 Å². The Bertz CT molecular complexity index is 1060. The van der Waals surface area contributed by atoms with Gasteiger partial charge in [-0.05, 0) is 37.1 Å². The summed E-state index contributed by atoms with van der Waals surface area (Å²) < 4.78 is 12.0. The lowest BCUT2D eigenvalue weighted by Crippen LogP contribution is -2.11. The van der Waals surface area contributed by atoms with E-state index in [1.54, 1.807) is 30.7 Å². The first kappa shape index (κ1) is 19.4. The molecule has 0 aliphatic heterocycles.